The van der Waals surface area contributed by atoms with Crippen molar-refractivity contribution in [2.45, 2.75) is 6.61 Å². The fourth-order valence-corrected chi connectivity index (χ4v) is 2.97. The molecule has 0 atom stereocenters. The van der Waals surface area contributed by atoms with Crippen LogP contribution in [0.15, 0.2) is 71.8 Å². The van der Waals surface area contributed by atoms with E-state index in [0.29, 0.717) is 29.2 Å². The molecule has 0 spiro atoms. The van der Waals surface area contributed by atoms with Crippen molar-refractivity contribution in [3.8, 4) is 17.6 Å². The molecule has 3 rings (SSSR count). The second-order valence-electron chi connectivity index (χ2n) is 6.22. The summed E-state index contributed by atoms with van der Waals surface area (Å²) in [5.41, 5.74) is 5.26. The molecule has 0 heterocycles. The largest absolute Gasteiger partial charge is 0.493 e. The molecule has 0 saturated carbocycles. The normalized spacial score (nSPS) is 10.4. The number of ether oxygens (including phenoxy) is 2. The van der Waals surface area contributed by atoms with Gasteiger partial charge >= 0.3 is 0 Å². The third-order valence-electron chi connectivity index (χ3n) is 4.12. The number of hydrazone groups is 1. The van der Waals surface area contributed by atoms with Crippen LogP contribution in [0, 0.1) is 14.9 Å². The van der Waals surface area contributed by atoms with Gasteiger partial charge in [-0.1, -0.05) is 12.1 Å². The number of benzene rings is 3. The first-order valence-electron chi connectivity index (χ1n) is 8.98. The molecule has 0 fully saturated rings. The van der Waals surface area contributed by atoms with E-state index < -0.39 is 0 Å². The number of hydrogen-bond donors (Lipinski definition) is 1. The zero-order valence-electron chi connectivity index (χ0n) is 16.1. The molecule has 6 nitrogen and oxygen atoms in total. The molecule has 0 bridgehead atoms. The fraction of sp³-hybridized carbons (Fsp3) is 0.0870. The van der Waals surface area contributed by atoms with Crippen LogP contribution in [0.2, 0.25) is 0 Å². The number of hydrogen-bond acceptors (Lipinski definition) is 5. The van der Waals surface area contributed by atoms with E-state index in [9.17, 15) is 4.79 Å². The van der Waals surface area contributed by atoms with Gasteiger partial charge in [-0.05, 0) is 88.3 Å². The van der Waals surface area contributed by atoms with Gasteiger partial charge in [-0.25, -0.2) is 5.43 Å². The molecule has 0 aliphatic rings. The van der Waals surface area contributed by atoms with Crippen LogP contribution in [-0.2, 0) is 6.61 Å². The number of halogens is 1. The maximum absolute atomic E-state index is 12.1. The summed E-state index contributed by atoms with van der Waals surface area (Å²) in [6, 6.07) is 21.9. The summed E-state index contributed by atoms with van der Waals surface area (Å²) in [6.07, 6.45) is 1.54. The van der Waals surface area contributed by atoms with Gasteiger partial charge in [0, 0.05) is 9.13 Å². The van der Waals surface area contributed by atoms with Gasteiger partial charge in [0.2, 0.25) is 0 Å². The van der Waals surface area contributed by atoms with Gasteiger partial charge in [0.15, 0.2) is 11.5 Å². The zero-order valence-corrected chi connectivity index (χ0v) is 18.3. The van der Waals surface area contributed by atoms with E-state index in [1.54, 1.807) is 43.5 Å². The second-order valence-corrected chi connectivity index (χ2v) is 7.46. The summed E-state index contributed by atoms with van der Waals surface area (Å²) in [4.78, 5) is 12.1. The third kappa shape index (κ3) is 5.81. The Kier molecular flexibility index (Phi) is 7.40. The Morgan fingerprint density at radius 2 is 1.93 bits per heavy atom. The lowest BCUT2D eigenvalue weighted by Crippen LogP contribution is -2.17. The molecule has 0 aliphatic carbocycles. The van der Waals surface area contributed by atoms with Crippen molar-refractivity contribution < 1.29 is 14.3 Å². The smallest absolute Gasteiger partial charge is 0.271 e. The molecule has 0 radical (unpaired) electrons. The molecule has 150 valence electrons. The van der Waals surface area contributed by atoms with E-state index in [-0.39, 0.29) is 5.91 Å². The lowest BCUT2D eigenvalue weighted by Gasteiger charge is -2.11. The maximum Gasteiger partial charge on any atom is 0.271 e. The van der Waals surface area contributed by atoms with Gasteiger partial charge < -0.3 is 9.47 Å². The van der Waals surface area contributed by atoms with E-state index >= 15 is 0 Å². The molecule has 7 heteroatoms. The van der Waals surface area contributed by atoms with Crippen molar-refractivity contribution in [3.63, 3.8) is 0 Å². The van der Waals surface area contributed by atoms with E-state index in [4.69, 9.17) is 14.7 Å². The topological polar surface area (TPSA) is 83.7 Å². The van der Waals surface area contributed by atoms with E-state index in [1.165, 1.54) is 6.21 Å². The van der Waals surface area contributed by atoms with Crippen molar-refractivity contribution in [2.24, 2.45) is 5.10 Å². The van der Waals surface area contributed by atoms with Crippen molar-refractivity contribution in [1.29, 1.82) is 5.26 Å². The fourth-order valence-electron chi connectivity index (χ4n) is 2.61. The molecule has 3 aromatic rings. The molecule has 1 N–H and O–H groups in total. The molecular weight excluding hydrogens is 493 g/mol. The predicted octanol–water partition coefficient (Wildman–Crippen LogP) is 4.51. The highest BCUT2D eigenvalue weighted by molar-refractivity contribution is 14.1. The van der Waals surface area contributed by atoms with Crippen molar-refractivity contribution >= 4 is 34.7 Å². The summed E-state index contributed by atoms with van der Waals surface area (Å²) in [5, 5.41) is 13.0. The second kappa shape index (κ2) is 10.4. The SMILES string of the molecule is COc1cc(/C=N\NC(=O)c2ccc(I)cc2)ccc1OCc1cccc(C#N)c1. The summed E-state index contributed by atoms with van der Waals surface area (Å²) >= 11 is 2.18. The highest BCUT2D eigenvalue weighted by Gasteiger charge is 2.07. The number of nitrogens with zero attached hydrogens (tertiary/aromatic N) is 2. The number of rotatable bonds is 7. The van der Waals surface area contributed by atoms with Gasteiger partial charge in [0.05, 0.1) is 25.0 Å². The van der Waals surface area contributed by atoms with E-state index in [0.717, 1.165) is 14.7 Å². The first-order valence-corrected chi connectivity index (χ1v) is 10.1. The lowest BCUT2D eigenvalue weighted by molar-refractivity contribution is 0.0955. The highest BCUT2D eigenvalue weighted by atomic mass is 127. The van der Waals surface area contributed by atoms with Crippen LogP contribution in [0.1, 0.15) is 27.0 Å². The van der Waals surface area contributed by atoms with Crippen molar-refractivity contribution in [3.05, 3.63) is 92.6 Å². The average molecular weight is 511 g/mol. The number of nitrogens with one attached hydrogen (secondary N) is 1. The van der Waals surface area contributed by atoms with Crippen molar-refractivity contribution in [2.75, 3.05) is 7.11 Å². The standard InChI is InChI=1S/C23H18IN3O3/c1-29-22-12-17(14-26-27-23(28)19-6-8-20(24)9-7-19)5-10-21(22)30-15-18-4-2-3-16(11-18)13-25/h2-12,14H,15H2,1H3,(H,27,28)/b26-14-. The van der Waals surface area contributed by atoms with E-state index in [2.05, 4.69) is 39.2 Å². The van der Waals surface area contributed by atoms with Gasteiger partial charge in [-0.2, -0.15) is 10.4 Å². The van der Waals surface area contributed by atoms with Crippen LogP contribution in [0.25, 0.3) is 0 Å². The third-order valence-corrected chi connectivity index (χ3v) is 4.84. The Morgan fingerprint density at radius 1 is 1.13 bits per heavy atom. The highest BCUT2D eigenvalue weighted by Crippen LogP contribution is 2.28. The van der Waals surface area contributed by atoms with Crippen LogP contribution >= 0.6 is 22.6 Å². The van der Waals surface area contributed by atoms with Crippen molar-refractivity contribution in [1.82, 2.24) is 5.43 Å². The molecule has 0 aromatic heterocycles. The Balaban J connectivity index is 1.63. The molecule has 30 heavy (non-hydrogen) atoms. The Labute approximate surface area is 188 Å². The van der Waals surface area contributed by atoms with Crippen LogP contribution in [-0.4, -0.2) is 19.2 Å². The molecular formula is C23H18IN3O3. The minimum absolute atomic E-state index is 0.283. The minimum atomic E-state index is -0.283. The monoisotopic (exact) mass is 511 g/mol. The summed E-state index contributed by atoms with van der Waals surface area (Å²) in [6.45, 7) is 0.311. The van der Waals surface area contributed by atoms with Crippen LogP contribution < -0.4 is 14.9 Å². The number of amides is 1. The number of methoxy groups -OCH3 is 1. The van der Waals surface area contributed by atoms with Crippen LogP contribution in [0.4, 0.5) is 0 Å². The Morgan fingerprint density at radius 3 is 2.67 bits per heavy atom. The summed E-state index contributed by atoms with van der Waals surface area (Å²) < 4.78 is 12.3. The first-order chi connectivity index (χ1) is 14.6. The Hall–Kier alpha value is -3.38. The molecule has 0 unspecified atom stereocenters. The predicted molar refractivity (Wildman–Crippen MR) is 123 cm³/mol. The molecule has 3 aromatic carbocycles. The van der Waals surface area contributed by atoms with Gasteiger partial charge in [0.1, 0.15) is 6.61 Å². The van der Waals surface area contributed by atoms with Gasteiger partial charge in [-0.3, -0.25) is 4.79 Å². The Bertz CT molecular complexity index is 1110. The lowest BCUT2D eigenvalue weighted by atomic mass is 10.1. The molecule has 0 aliphatic heterocycles. The van der Waals surface area contributed by atoms with Gasteiger partial charge in [-0.15, -0.1) is 0 Å². The maximum atomic E-state index is 12.1. The van der Waals surface area contributed by atoms with Gasteiger partial charge in [0.25, 0.3) is 5.91 Å². The quantitative estimate of drug-likeness (QED) is 0.288. The molecule has 0 saturated heterocycles. The summed E-state index contributed by atoms with van der Waals surface area (Å²) in [5.74, 6) is 0.827. The minimum Gasteiger partial charge on any atom is -0.493 e. The first kappa shape index (κ1) is 21.3. The average Bonchev–Trinajstić information content (AvgIpc) is 2.78. The van der Waals surface area contributed by atoms with Crippen LogP contribution in [0.5, 0.6) is 11.5 Å². The van der Waals surface area contributed by atoms with Crippen LogP contribution in [0.3, 0.4) is 0 Å². The van der Waals surface area contributed by atoms with E-state index in [1.807, 2.05) is 30.3 Å². The summed E-state index contributed by atoms with van der Waals surface area (Å²) in [7, 11) is 1.55. The number of carbonyl (C=O) groups excluding carboxylic acids is 1. The number of carbonyl (C=O) groups is 1. The zero-order chi connectivity index (χ0) is 21.3. The number of nitriles is 1. The molecule has 1 amide bonds.